The lowest BCUT2D eigenvalue weighted by Gasteiger charge is -2.16. The molecule has 1 heterocycles. The molecule has 162 valence electrons. The number of aromatic nitrogens is 3. The standard InChI is InChI=1S/C26H25N3O3/c1-18-13-19(2)15-23(14-18)32-17-22(30)16-29-26(31)27-24(20-9-5-3-6-10-20)25(28-29)21-11-7-4-8-12-21/h3-15,22,30H,16-17H2,1-2H3. The number of nitrogens with zero attached hydrogens (tertiary/aromatic N) is 3. The van der Waals surface area contributed by atoms with E-state index in [2.05, 4.69) is 16.1 Å². The van der Waals surface area contributed by atoms with Gasteiger partial charge in [0.25, 0.3) is 0 Å². The van der Waals surface area contributed by atoms with Gasteiger partial charge in [-0.1, -0.05) is 66.7 Å². The highest BCUT2D eigenvalue weighted by Gasteiger charge is 2.17. The Labute approximate surface area is 186 Å². The number of aliphatic hydroxyl groups is 1. The van der Waals surface area contributed by atoms with Crippen molar-refractivity contribution in [2.45, 2.75) is 26.5 Å². The number of benzene rings is 3. The van der Waals surface area contributed by atoms with E-state index in [1.165, 1.54) is 4.68 Å². The topological polar surface area (TPSA) is 77.2 Å². The van der Waals surface area contributed by atoms with Crippen LogP contribution in [0.3, 0.4) is 0 Å². The number of hydrogen-bond donors (Lipinski definition) is 1. The fourth-order valence-electron chi connectivity index (χ4n) is 3.58. The van der Waals surface area contributed by atoms with E-state index in [0.29, 0.717) is 17.1 Å². The van der Waals surface area contributed by atoms with E-state index in [9.17, 15) is 9.90 Å². The van der Waals surface area contributed by atoms with E-state index in [-0.39, 0.29) is 13.2 Å². The van der Waals surface area contributed by atoms with Gasteiger partial charge in [-0.3, -0.25) is 0 Å². The van der Waals surface area contributed by atoms with Gasteiger partial charge in [-0.05, 0) is 37.1 Å². The summed E-state index contributed by atoms with van der Waals surface area (Å²) in [5, 5.41) is 15.1. The van der Waals surface area contributed by atoms with E-state index >= 15 is 0 Å². The molecule has 3 aromatic carbocycles. The highest BCUT2D eigenvalue weighted by molar-refractivity contribution is 5.77. The predicted molar refractivity (Wildman–Crippen MR) is 125 cm³/mol. The molecular weight excluding hydrogens is 402 g/mol. The van der Waals surface area contributed by atoms with Crippen LogP contribution >= 0.6 is 0 Å². The first-order chi connectivity index (χ1) is 15.5. The van der Waals surface area contributed by atoms with Crippen LogP contribution in [0.2, 0.25) is 0 Å². The summed E-state index contributed by atoms with van der Waals surface area (Å²) < 4.78 is 6.93. The molecule has 0 saturated heterocycles. The maximum absolute atomic E-state index is 12.7. The van der Waals surface area contributed by atoms with Crippen LogP contribution in [0.4, 0.5) is 0 Å². The van der Waals surface area contributed by atoms with Crippen molar-refractivity contribution in [2.75, 3.05) is 6.61 Å². The molecule has 4 aromatic rings. The molecule has 6 heteroatoms. The minimum atomic E-state index is -0.922. The molecule has 0 radical (unpaired) electrons. The molecule has 0 aliphatic heterocycles. The number of aryl methyl sites for hydroxylation is 2. The Kier molecular flexibility index (Phi) is 6.42. The Bertz CT molecular complexity index is 1230. The van der Waals surface area contributed by atoms with Crippen LogP contribution < -0.4 is 10.4 Å². The SMILES string of the molecule is Cc1cc(C)cc(OCC(O)Cn2nc(-c3ccccc3)c(-c3ccccc3)nc2=O)c1. The van der Waals surface area contributed by atoms with Crippen molar-refractivity contribution in [1.29, 1.82) is 0 Å². The van der Waals surface area contributed by atoms with Crippen LogP contribution in [-0.4, -0.2) is 32.6 Å². The number of ether oxygens (including phenoxy) is 1. The number of hydrogen-bond acceptors (Lipinski definition) is 5. The lowest BCUT2D eigenvalue weighted by molar-refractivity contribution is 0.0875. The zero-order valence-electron chi connectivity index (χ0n) is 18.1. The van der Waals surface area contributed by atoms with Crippen LogP contribution in [0.1, 0.15) is 11.1 Å². The van der Waals surface area contributed by atoms with E-state index in [4.69, 9.17) is 4.74 Å². The van der Waals surface area contributed by atoms with E-state index in [0.717, 1.165) is 22.3 Å². The summed E-state index contributed by atoms with van der Waals surface area (Å²) in [4.78, 5) is 17.0. The van der Waals surface area contributed by atoms with Crippen molar-refractivity contribution in [2.24, 2.45) is 0 Å². The zero-order valence-corrected chi connectivity index (χ0v) is 18.1. The van der Waals surface area contributed by atoms with Gasteiger partial charge in [-0.2, -0.15) is 10.1 Å². The summed E-state index contributed by atoms with van der Waals surface area (Å²) in [5.74, 6) is 0.685. The van der Waals surface area contributed by atoms with Crippen LogP contribution in [0, 0.1) is 13.8 Å². The monoisotopic (exact) mass is 427 g/mol. The zero-order chi connectivity index (χ0) is 22.5. The molecular formula is C26H25N3O3. The van der Waals surface area contributed by atoms with Gasteiger partial charge in [0.15, 0.2) is 0 Å². The van der Waals surface area contributed by atoms with Crippen molar-refractivity contribution in [3.63, 3.8) is 0 Å². The maximum atomic E-state index is 12.7. The van der Waals surface area contributed by atoms with Gasteiger partial charge in [0.1, 0.15) is 29.8 Å². The second-order valence-electron chi connectivity index (χ2n) is 7.79. The fourth-order valence-corrected chi connectivity index (χ4v) is 3.58. The van der Waals surface area contributed by atoms with Gasteiger partial charge in [0, 0.05) is 11.1 Å². The predicted octanol–water partition coefficient (Wildman–Crippen LogP) is 4.03. The fraction of sp³-hybridized carbons (Fsp3) is 0.192. The molecule has 1 unspecified atom stereocenters. The molecule has 0 saturated carbocycles. The Morgan fingerprint density at radius 1 is 0.875 bits per heavy atom. The van der Waals surface area contributed by atoms with Gasteiger partial charge < -0.3 is 9.84 Å². The van der Waals surface area contributed by atoms with Gasteiger partial charge in [-0.15, -0.1) is 0 Å². The van der Waals surface area contributed by atoms with Crippen LogP contribution in [0.15, 0.2) is 83.7 Å². The average Bonchev–Trinajstić information content (AvgIpc) is 2.79. The van der Waals surface area contributed by atoms with Crippen LogP contribution in [0.25, 0.3) is 22.5 Å². The van der Waals surface area contributed by atoms with E-state index in [1.54, 1.807) is 0 Å². The van der Waals surface area contributed by atoms with Crippen LogP contribution in [0.5, 0.6) is 5.75 Å². The Morgan fingerprint density at radius 2 is 1.44 bits per heavy atom. The van der Waals surface area contributed by atoms with Gasteiger partial charge >= 0.3 is 5.69 Å². The van der Waals surface area contributed by atoms with Crippen LogP contribution in [-0.2, 0) is 6.54 Å². The molecule has 0 fully saturated rings. The summed E-state index contributed by atoms with van der Waals surface area (Å²) >= 11 is 0. The smallest absolute Gasteiger partial charge is 0.364 e. The number of aliphatic hydroxyl groups excluding tert-OH is 1. The summed E-state index contributed by atoms with van der Waals surface area (Å²) in [5.41, 5.74) is 4.39. The number of rotatable bonds is 7. The van der Waals surface area contributed by atoms with Crippen molar-refractivity contribution in [3.05, 3.63) is 100 Å². The van der Waals surface area contributed by atoms with Crippen molar-refractivity contribution >= 4 is 0 Å². The highest BCUT2D eigenvalue weighted by Crippen LogP contribution is 2.27. The molecule has 6 nitrogen and oxygen atoms in total. The minimum absolute atomic E-state index is 0.0223. The molecule has 0 bridgehead atoms. The van der Waals surface area contributed by atoms with Crippen molar-refractivity contribution < 1.29 is 9.84 Å². The first kappa shape index (κ1) is 21.5. The first-order valence-corrected chi connectivity index (χ1v) is 10.5. The van der Waals surface area contributed by atoms with E-state index < -0.39 is 11.8 Å². The molecule has 1 aromatic heterocycles. The lowest BCUT2D eigenvalue weighted by atomic mass is 10.0. The van der Waals surface area contributed by atoms with Gasteiger partial charge in [0.05, 0.1) is 6.54 Å². The molecule has 0 spiro atoms. The van der Waals surface area contributed by atoms with Gasteiger partial charge in [-0.25, -0.2) is 9.48 Å². The average molecular weight is 428 g/mol. The minimum Gasteiger partial charge on any atom is -0.491 e. The largest absolute Gasteiger partial charge is 0.491 e. The summed E-state index contributed by atoms with van der Waals surface area (Å²) in [6, 6.07) is 24.9. The molecule has 1 atom stereocenters. The molecule has 32 heavy (non-hydrogen) atoms. The highest BCUT2D eigenvalue weighted by atomic mass is 16.5. The van der Waals surface area contributed by atoms with Crippen molar-refractivity contribution in [3.8, 4) is 28.3 Å². The summed E-state index contributed by atoms with van der Waals surface area (Å²) in [7, 11) is 0. The molecule has 0 aliphatic carbocycles. The third kappa shape index (κ3) is 5.10. The Morgan fingerprint density at radius 3 is 2.03 bits per heavy atom. The van der Waals surface area contributed by atoms with E-state index in [1.807, 2.05) is 86.6 Å². The molecule has 0 aliphatic rings. The van der Waals surface area contributed by atoms with Gasteiger partial charge in [0.2, 0.25) is 0 Å². The second-order valence-corrected chi connectivity index (χ2v) is 7.79. The Balaban J connectivity index is 1.61. The molecule has 0 amide bonds. The Hall–Kier alpha value is -3.77. The normalized spacial score (nSPS) is 11.8. The third-order valence-corrected chi connectivity index (χ3v) is 4.99. The molecule has 4 rings (SSSR count). The first-order valence-electron chi connectivity index (χ1n) is 10.5. The second kappa shape index (κ2) is 9.58. The summed E-state index contributed by atoms with van der Waals surface area (Å²) in [6.45, 7) is 4.00. The van der Waals surface area contributed by atoms with Crippen molar-refractivity contribution in [1.82, 2.24) is 14.8 Å². The maximum Gasteiger partial charge on any atom is 0.364 e. The lowest BCUT2D eigenvalue weighted by Crippen LogP contribution is -2.34. The summed E-state index contributed by atoms with van der Waals surface area (Å²) in [6.07, 6.45) is -0.922. The molecule has 1 N–H and O–H groups in total. The quantitative estimate of drug-likeness (QED) is 0.482. The third-order valence-electron chi connectivity index (χ3n) is 4.99.